The highest BCUT2D eigenvalue weighted by Gasteiger charge is 2.14. The summed E-state index contributed by atoms with van der Waals surface area (Å²) < 4.78 is 15.0. The third-order valence-corrected chi connectivity index (χ3v) is 3.01. The summed E-state index contributed by atoms with van der Waals surface area (Å²) in [4.78, 5) is 0. The SMILES string of the molecule is CC(Cn1cccn1)NC(C)c1cc(F)ccc1O. The van der Waals surface area contributed by atoms with Crippen LogP contribution >= 0.6 is 0 Å². The summed E-state index contributed by atoms with van der Waals surface area (Å²) in [5.74, 6) is -0.242. The molecule has 0 spiro atoms. The van der Waals surface area contributed by atoms with E-state index in [1.807, 2.05) is 30.8 Å². The number of halogens is 1. The number of rotatable bonds is 5. The molecule has 0 amide bonds. The molecule has 0 saturated heterocycles. The van der Waals surface area contributed by atoms with Crippen molar-refractivity contribution < 1.29 is 9.50 Å². The summed E-state index contributed by atoms with van der Waals surface area (Å²) in [6, 6.07) is 5.86. The molecule has 0 aliphatic heterocycles. The van der Waals surface area contributed by atoms with Gasteiger partial charge in [0.05, 0.1) is 6.54 Å². The third kappa shape index (κ3) is 3.54. The van der Waals surface area contributed by atoms with Crippen LogP contribution in [0.1, 0.15) is 25.5 Å². The lowest BCUT2D eigenvalue weighted by atomic mass is 10.1. The minimum Gasteiger partial charge on any atom is -0.508 e. The van der Waals surface area contributed by atoms with Gasteiger partial charge in [0.2, 0.25) is 0 Å². The first-order valence-corrected chi connectivity index (χ1v) is 6.28. The van der Waals surface area contributed by atoms with Crippen LogP contribution in [0.5, 0.6) is 5.75 Å². The van der Waals surface area contributed by atoms with Crippen LogP contribution in [0.2, 0.25) is 0 Å². The maximum Gasteiger partial charge on any atom is 0.123 e. The van der Waals surface area contributed by atoms with Crippen molar-refractivity contribution in [2.45, 2.75) is 32.5 Å². The molecule has 4 nitrogen and oxygen atoms in total. The molecule has 0 aliphatic rings. The van der Waals surface area contributed by atoms with E-state index in [9.17, 15) is 9.50 Å². The van der Waals surface area contributed by atoms with Crippen LogP contribution in [-0.4, -0.2) is 20.9 Å². The third-order valence-electron chi connectivity index (χ3n) is 3.01. The zero-order valence-electron chi connectivity index (χ0n) is 11.0. The lowest BCUT2D eigenvalue weighted by Crippen LogP contribution is -2.32. The van der Waals surface area contributed by atoms with Crippen molar-refractivity contribution in [2.24, 2.45) is 0 Å². The summed E-state index contributed by atoms with van der Waals surface area (Å²) >= 11 is 0. The van der Waals surface area contributed by atoms with Crippen molar-refractivity contribution in [3.05, 3.63) is 48.0 Å². The number of nitrogens with one attached hydrogen (secondary N) is 1. The van der Waals surface area contributed by atoms with Gasteiger partial charge in [-0.15, -0.1) is 0 Å². The van der Waals surface area contributed by atoms with Gasteiger partial charge in [0, 0.05) is 30.0 Å². The monoisotopic (exact) mass is 263 g/mol. The number of phenols is 1. The van der Waals surface area contributed by atoms with Crippen LogP contribution in [0.4, 0.5) is 4.39 Å². The van der Waals surface area contributed by atoms with Crippen molar-refractivity contribution in [1.29, 1.82) is 0 Å². The van der Waals surface area contributed by atoms with E-state index >= 15 is 0 Å². The van der Waals surface area contributed by atoms with Gasteiger partial charge in [-0.1, -0.05) is 0 Å². The summed E-state index contributed by atoms with van der Waals surface area (Å²) in [6.45, 7) is 4.63. The van der Waals surface area contributed by atoms with E-state index in [-0.39, 0.29) is 23.7 Å². The molecule has 0 fully saturated rings. The van der Waals surface area contributed by atoms with Gasteiger partial charge in [0.15, 0.2) is 0 Å². The predicted octanol–water partition coefficient (Wildman–Crippen LogP) is 2.47. The van der Waals surface area contributed by atoms with Crippen molar-refractivity contribution in [1.82, 2.24) is 15.1 Å². The first-order chi connectivity index (χ1) is 9.06. The minimum absolute atomic E-state index is 0.104. The second-order valence-corrected chi connectivity index (χ2v) is 4.72. The molecular weight excluding hydrogens is 245 g/mol. The maximum absolute atomic E-state index is 13.2. The fraction of sp³-hybridized carbons (Fsp3) is 0.357. The van der Waals surface area contributed by atoms with Gasteiger partial charge in [0.1, 0.15) is 11.6 Å². The lowest BCUT2D eigenvalue weighted by molar-refractivity contribution is 0.397. The molecule has 1 aromatic heterocycles. The molecular formula is C14H18FN3O. The number of benzene rings is 1. The molecule has 0 radical (unpaired) electrons. The zero-order chi connectivity index (χ0) is 13.8. The van der Waals surface area contributed by atoms with Crippen LogP contribution in [0.3, 0.4) is 0 Å². The molecule has 1 aromatic carbocycles. The summed E-state index contributed by atoms with van der Waals surface area (Å²) in [7, 11) is 0. The molecule has 2 atom stereocenters. The molecule has 19 heavy (non-hydrogen) atoms. The largest absolute Gasteiger partial charge is 0.508 e. The first-order valence-electron chi connectivity index (χ1n) is 6.28. The number of hydrogen-bond acceptors (Lipinski definition) is 3. The van der Waals surface area contributed by atoms with Crippen LogP contribution < -0.4 is 5.32 Å². The second kappa shape index (κ2) is 5.84. The van der Waals surface area contributed by atoms with Crippen LogP contribution in [0, 0.1) is 5.82 Å². The highest BCUT2D eigenvalue weighted by molar-refractivity contribution is 5.34. The van der Waals surface area contributed by atoms with E-state index in [0.29, 0.717) is 12.1 Å². The van der Waals surface area contributed by atoms with E-state index in [4.69, 9.17) is 0 Å². The van der Waals surface area contributed by atoms with Gasteiger partial charge in [0.25, 0.3) is 0 Å². The van der Waals surface area contributed by atoms with Crippen molar-refractivity contribution in [3.8, 4) is 5.75 Å². The molecule has 2 aromatic rings. The molecule has 2 unspecified atom stereocenters. The van der Waals surface area contributed by atoms with Crippen molar-refractivity contribution in [3.63, 3.8) is 0 Å². The Morgan fingerprint density at radius 1 is 1.42 bits per heavy atom. The molecule has 5 heteroatoms. The van der Waals surface area contributed by atoms with Gasteiger partial charge in [-0.25, -0.2) is 4.39 Å². The molecule has 2 N–H and O–H groups in total. The number of aromatic hydroxyl groups is 1. The summed E-state index contributed by atoms with van der Waals surface area (Å²) in [5.41, 5.74) is 0.562. The topological polar surface area (TPSA) is 50.1 Å². The van der Waals surface area contributed by atoms with Crippen LogP contribution in [0.15, 0.2) is 36.7 Å². The fourth-order valence-corrected chi connectivity index (χ4v) is 2.13. The summed E-state index contributed by atoms with van der Waals surface area (Å²) in [6.07, 6.45) is 3.62. The maximum atomic E-state index is 13.2. The van der Waals surface area contributed by atoms with E-state index in [1.54, 1.807) is 6.20 Å². The van der Waals surface area contributed by atoms with E-state index in [0.717, 1.165) is 0 Å². The molecule has 1 heterocycles. The van der Waals surface area contributed by atoms with E-state index in [1.165, 1.54) is 18.2 Å². The Hall–Kier alpha value is -1.88. The average molecular weight is 263 g/mol. The first kappa shape index (κ1) is 13.5. The Kier molecular flexibility index (Phi) is 4.16. The predicted molar refractivity (Wildman–Crippen MR) is 71.3 cm³/mol. The van der Waals surface area contributed by atoms with Gasteiger partial charge < -0.3 is 10.4 Å². The molecule has 102 valence electrons. The standard InChI is InChI=1S/C14H18FN3O/c1-10(9-18-7-3-6-16-18)17-11(2)13-8-12(15)4-5-14(13)19/h3-8,10-11,17,19H,9H2,1-2H3. The number of nitrogens with zero attached hydrogens (tertiary/aromatic N) is 2. The number of phenolic OH excluding ortho intramolecular Hbond substituents is 1. The Bertz CT molecular complexity index is 527. The molecule has 0 bridgehead atoms. The number of hydrogen-bond donors (Lipinski definition) is 2. The number of aromatic nitrogens is 2. The lowest BCUT2D eigenvalue weighted by Gasteiger charge is -2.21. The van der Waals surface area contributed by atoms with Crippen LogP contribution in [-0.2, 0) is 6.54 Å². The van der Waals surface area contributed by atoms with Crippen molar-refractivity contribution in [2.75, 3.05) is 0 Å². The Balaban J connectivity index is 2.00. The highest BCUT2D eigenvalue weighted by Crippen LogP contribution is 2.24. The van der Waals surface area contributed by atoms with Gasteiger partial charge in [-0.05, 0) is 38.1 Å². The Morgan fingerprint density at radius 2 is 2.21 bits per heavy atom. The van der Waals surface area contributed by atoms with E-state index < -0.39 is 0 Å². The highest BCUT2D eigenvalue weighted by atomic mass is 19.1. The second-order valence-electron chi connectivity index (χ2n) is 4.72. The van der Waals surface area contributed by atoms with Gasteiger partial charge in [-0.3, -0.25) is 4.68 Å². The molecule has 2 rings (SSSR count). The average Bonchev–Trinajstić information content (AvgIpc) is 2.84. The Morgan fingerprint density at radius 3 is 2.89 bits per heavy atom. The van der Waals surface area contributed by atoms with E-state index in [2.05, 4.69) is 10.4 Å². The molecule has 0 saturated carbocycles. The molecule has 0 aliphatic carbocycles. The van der Waals surface area contributed by atoms with Crippen LogP contribution in [0.25, 0.3) is 0 Å². The zero-order valence-corrected chi connectivity index (χ0v) is 11.0. The minimum atomic E-state index is -0.346. The quantitative estimate of drug-likeness (QED) is 0.871. The smallest absolute Gasteiger partial charge is 0.123 e. The normalized spacial score (nSPS) is 14.3. The summed E-state index contributed by atoms with van der Waals surface area (Å²) in [5, 5.41) is 17.2. The Labute approximate surface area is 111 Å². The van der Waals surface area contributed by atoms with Gasteiger partial charge in [-0.2, -0.15) is 5.10 Å². The van der Waals surface area contributed by atoms with Crippen molar-refractivity contribution >= 4 is 0 Å². The van der Waals surface area contributed by atoms with Gasteiger partial charge >= 0.3 is 0 Å². The fourth-order valence-electron chi connectivity index (χ4n) is 2.13.